The number of nitrogens with zero attached hydrogens (tertiary/aromatic N) is 2. The van der Waals surface area contributed by atoms with Crippen LogP contribution in [0.4, 0.5) is 11.4 Å². The van der Waals surface area contributed by atoms with Crippen molar-refractivity contribution in [3.05, 3.63) is 59.7 Å². The van der Waals surface area contributed by atoms with Crippen molar-refractivity contribution < 1.29 is 9.59 Å². The first-order chi connectivity index (χ1) is 11.5. The summed E-state index contributed by atoms with van der Waals surface area (Å²) in [6, 6.07) is 14.6. The van der Waals surface area contributed by atoms with E-state index in [4.69, 9.17) is 0 Å². The smallest absolute Gasteiger partial charge is 0.221 e. The molecule has 2 N–H and O–H groups in total. The fraction of sp³-hybridized carbons (Fsp3) is 0.111. The van der Waals surface area contributed by atoms with Gasteiger partial charge in [-0.2, -0.15) is 10.2 Å². The molecule has 2 amide bonds. The maximum absolute atomic E-state index is 10.9. The van der Waals surface area contributed by atoms with E-state index in [0.29, 0.717) is 0 Å². The number of hydrogen-bond acceptors (Lipinski definition) is 4. The van der Waals surface area contributed by atoms with Crippen molar-refractivity contribution in [3.8, 4) is 0 Å². The average Bonchev–Trinajstić information content (AvgIpc) is 2.53. The van der Waals surface area contributed by atoms with Crippen molar-refractivity contribution in [1.82, 2.24) is 0 Å². The topological polar surface area (TPSA) is 82.9 Å². The molecule has 2 aromatic carbocycles. The molecule has 0 aliphatic carbocycles. The van der Waals surface area contributed by atoms with E-state index < -0.39 is 0 Å². The van der Waals surface area contributed by atoms with Crippen LogP contribution in [0.3, 0.4) is 0 Å². The van der Waals surface area contributed by atoms with Crippen molar-refractivity contribution in [1.29, 1.82) is 0 Å². The van der Waals surface area contributed by atoms with Crippen molar-refractivity contribution in [2.75, 3.05) is 10.6 Å². The van der Waals surface area contributed by atoms with E-state index in [0.717, 1.165) is 22.5 Å². The highest BCUT2D eigenvalue weighted by Gasteiger charge is 1.95. The normalized spacial score (nSPS) is 10.9. The summed E-state index contributed by atoms with van der Waals surface area (Å²) in [6.45, 7) is 2.93. The van der Waals surface area contributed by atoms with Crippen LogP contribution >= 0.6 is 0 Å². The summed E-state index contributed by atoms with van der Waals surface area (Å²) in [7, 11) is 0. The lowest BCUT2D eigenvalue weighted by molar-refractivity contribution is -0.115. The van der Waals surface area contributed by atoms with Crippen molar-refractivity contribution in [3.63, 3.8) is 0 Å². The van der Waals surface area contributed by atoms with Gasteiger partial charge in [0.2, 0.25) is 11.8 Å². The molecule has 0 aromatic heterocycles. The average molecular weight is 322 g/mol. The van der Waals surface area contributed by atoms with Crippen LogP contribution in [-0.4, -0.2) is 24.2 Å². The zero-order chi connectivity index (χ0) is 17.4. The molecule has 0 aliphatic rings. The molecule has 6 heteroatoms. The van der Waals surface area contributed by atoms with Crippen LogP contribution in [0.2, 0.25) is 0 Å². The van der Waals surface area contributed by atoms with Gasteiger partial charge in [0.05, 0.1) is 12.4 Å². The predicted molar refractivity (Wildman–Crippen MR) is 96.7 cm³/mol. The Labute approximate surface area is 140 Å². The van der Waals surface area contributed by atoms with Crippen LogP contribution < -0.4 is 10.6 Å². The first kappa shape index (κ1) is 17.1. The lowest BCUT2D eigenvalue weighted by atomic mass is 10.2. The van der Waals surface area contributed by atoms with Crippen LogP contribution in [0, 0.1) is 0 Å². The van der Waals surface area contributed by atoms with Crippen LogP contribution in [0.1, 0.15) is 25.0 Å². The maximum atomic E-state index is 10.9. The molecule has 0 saturated carbocycles. The van der Waals surface area contributed by atoms with Crippen molar-refractivity contribution >= 4 is 35.6 Å². The molecule has 24 heavy (non-hydrogen) atoms. The van der Waals surface area contributed by atoms with Crippen LogP contribution in [0.5, 0.6) is 0 Å². The van der Waals surface area contributed by atoms with Gasteiger partial charge in [0.25, 0.3) is 0 Å². The number of carbonyl (C=O) groups is 2. The van der Waals surface area contributed by atoms with Gasteiger partial charge in [0, 0.05) is 25.2 Å². The molecule has 0 atom stereocenters. The Bertz CT molecular complexity index is 695. The minimum absolute atomic E-state index is 0.106. The van der Waals surface area contributed by atoms with E-state index in [1.807, 2.05) is 24.3 Å². The second kappa shape index (κ2) is 8.38. The number of carbonyl (C=O) groups excluding carboxylic acids is 2. The van der Waals surface area contributed by atoms with Crippen molar-refractivity contribution in [2.24, 2.45) is 10.2 Å². The van der Waals surface area contributed by atoms with Crippen molar-refractivity contribution in [2.45, 2.75) is 13.8 Å². The molecule has 0 unspecified atom stereocenters. The zero-order valence-corrected chi connectivity index (χ0v) is 13.5. The Hall–Kier alpha value is -3.28. The van der Waals surface area contributed by atoms with Crippen LogP contribution in [0.25, 0.3) is 0 Å². The van der Waals surface area contributed by atoms with Crippen LogP contribution in [0.15, 0.2) is 58.7 Å². The summed E-state index contributed by atoms with van der Waals surface area (Å²) < 4.78 is 0. The van der Waals surface area contributed by atoms with E-state index in [1.165, 1.54) is 13.8 Å². The third-order valence-electron chi connectivity index (χ3n) is 2.94. The SMILES string of the molecule is CC(=O)Nc1ccc(C=NN=Cc2ccc(NC(C)=O)cc2)cc1. The van der Waals surface area contributed by atoms with Gasteiger partial charge in [0.15, 0.2) is 0 Å². The molecule has 6 nitrogen and oxygen atoms in total. The highest BCUT2D eigenvalue weighted by molar-refractivity contribution is 5.90. The molecule has 0 radical (unpaired) electrons. The van der Waals surface area contributed by atoms with E-state index in [1.54, 1.807) is 36.7 Å². The molecule has 2 aromatic rings. The van der Waals surface area contributed by atoms with Gasteiger partial charge < -0.3 is 10.6 Å². The summed E-state index contributed by atoms with van der Waals surface area (Å²) in [6.07, 6.45) is 3.25. The second-order valence-electron chi connectivity index (χ2n) is 5.10. The Morgan fingerprint density at radius 2 is 1.04 bits per heavy atom. The molecule has 122 valence electrons. The third kappa shape index (κ3) is 5.84. The van der Waals surface area contributed by atoms with Gasteiger partial charge in [-0.15, -0.1) is 0 Å². The largest absolute Gasteiger partial charge is 0.326 e. The lowest BCUT2D eigenvalue weighted by Gasteiger charge is -2.01. The highest BCUT2D eigenvalue weighted by Crippen LogP contribution is 2.09. The third-order valence-corrected chi connectivity index (χ3v) is 2.94. The second-order valence-corrected chi connectivity index (χ2v) is 5.10. The Morgan fingerprint density at radius 1 is 0.708 bits per heavy atom. The van der Waals surface area contributed by atoms with Gasteiger partial charge in [-0.05, 0) is 35.4 Å². The number of rotatable bonds is 5. The fourth-order valence-corrected chi connectivity index (χ4v) is 1.91. The monoisotopic (exact) mass is 322 g/mol. The number of anilines is 2. The van der Waals surface area contributed by atoms with Gasteiger partial charge in [0.1, 0.15) is 0 Å². The Morgan fingerprint density at radius 3 is 1.33 bits per heavy atom. The molecular formula is C18H18N4O2. The molecule has 0 heterocycles. The van der Waals surface area contributed by atoms with Gasteiger partial charge in [-0.25, -0.2) is 0 Å². The molecule has 0 saturated heterocycles. The molecule has 0 fully saturated rings. The predicted octanol–water partition coefficient (Wildman–Crippen LogP) is 3.06. The van der Waals surface area contributed by atoms with E-state index >= 15 is 0 Å². The van der Waals surface area contributed by atoms with Crippen LogP contribution in [-0.2, 0) is 9.59 Å². The summed E-state index contributed by atoms with van der Waals surface area (Å²) in [5, 5.41) is 13.4. The standard InChI is InChI=1S/C18H18N4O2/c1-13(23)21-17-7-3-15(4-8-17)11-19-20-12-16-5-9-18(10-6-16)22-14(2)24/h3-12H,1-2H3,(H,21,23)(H,22,24). The number of amides is 2. The first-order valence-corrected chi connectivity index (χ1v) is 7.34. The molecule has 0 aliphatic heterocycles. The summed E-state index contributed by atoms with van der Waals surface area (Å²) in [4.78, 5) is 21.9. The number of nitrogens with one attached hydrogen (secondary N) is 2. The van der Waals surface area contributed by atoms with Gasteiger partial charge in [-0.3, -0.25) is 9.59 Å². The molecule has 0 spiro atoms. The highest BCUT2D eigenvalue weighted by atomic mass is 16.2. The maximum Gasteiger partial charge on any atom is 0.221 e. The number of benzene rings is 2. The summed E-state index contributed by atoms with van der Waals surface area (Å²) in [5.41, 5.74) is 3.23. The summed E-state index contributed by atoms with van der Waals surface area (Å²) >= 11 is 0. The first-order valence-electron chi connectivity index (χ1n) is 7.34. The fourth-order valence-electron chi connectivity index (χ4n) is 1.91. The molecular weight excluding hydrogens is 304 g/mol. The summed E-state index contributed by atoms with van der Waals surface area (Å²) in [5.74, 6) is -0.212. The van der Waals surface area contributed by atoms with E-state index in [2.05, 4.69) is 20.8 Å². The zero-order valence-electron chi connectivity index (χ0n) is 13.5. The molecule has 0 bridgehead atoms. The quantitative estimate of drug-likeness (QED) is 0.655. The minimum Gasteiger partial charge on any atom is -0.326 e. The van der Waals surface area contributed by atoms with Gasteiger partial charge >= 0.3 is 0 Å². The minimum atomic E-state index is -0.106. The number of hydrogen-bond donors (Lipinski definition) is 2. The molecule has 2 rings (SSSR count). The lowest BCUT2D eigenvalue weighted by Crippen LogP contribution is -2.05. The Balaban J connectivity index is 1.91. The van der Waals surface area contributed by atoms with E-state index in [-0.39, 0.29) is 11.8 Å². The Kier molecular flexibility index (Phi) is 5.96. The van der Waals surface area contributed by atoms with Gasteiger partial charge in [-0.1, -0.05) is 24.3 Å². The van der Waals surface area contributed by atoms with E-state index in [9.17, 15) is 9.59 Å².